The highest BCUT2D eigenvalue weighted by Gasteiger charge is 2.09. The molecule has 0 heterocycles. The van der Waals surface area contributed by atoms with Gasteiger partial charge in [0.05, 0.1) is 0 Å². The summed E-state index contributed by atoms with van der Waals surface area (Å²) < 4.78 is 41.5. The van der Waals surface area contributed by atoms with Gasteiger partial charge in [-0.1, -0.05) is 6.07 Å². The largest absolute Gasteiger partial charge is 0.488 e. The minimum absolute atomic E-state index is 0.0807. The van der Waals surface area contributed by atoms with Crippen molar-refractivity contribution in [2.24, 2.45) is 5.73 Å². The molecule has 15 heavy (non-hydrogen) atoms. The lowest BCUT2D eigenvalue weighted by Gasteiger charge is -2.10. The van der Waals surface area contributed by atoms with Crippen molar-refractivity contribution in [1.82, 2.24) is 0 Å². The standard InChI is InChI=1S/C10H12F3NO/c1-6(14)8-3-2-7(4-9(8)11)15-5-10(12)13/h2-4,6,10H,5,14H2,1H3/t6-/m0/s1. The molecule has 5 heteroatoms. The summed E-state index contributed by atoms with van der Waals surface area (Å²) in [4.78, 5) is 0. The molecule has 1 aromatic rings. The Bertz CT molecular complexity index is 328. The molecule has 2 N–H and O–H groups in total. The fraction of sp³-hybridized carbons (Fsp3) is 0.400. The van der Waals surface area contributed by atoms with Gasteiger partial charge in [0, 0.05) is 17.7 Å². The second-order valence-electron chi connectivity index (χ2n) is 3.17. The van der Waals surface area contributed by atoms with Crippen LogP contribution in [0.1, 0.15) is 18.5 Å². The highest BCUT2D eigenvalue weighted by atomic mass is 19.3. The number of hydrogen-bond acceptors (Lipinski definition) is 2. The molecule has 1 rings (SSSR count). The summed E-state index contributed by atoms with van der Waals surface area (Å²) in [7, 11) is 0. The van der Waals surface area contributed by atoms with Gasteiger partial charge in [-0.25, -0.2) is 13.2 Å². The lowest BCUT2D eigenvalue weighted by atomic mass is 10.1. The normalized spacial score (nSPS) is 12.9. The van der Waals surface area contributed by atoms with E-state index in [9.17, 15) is 13.2 Å². The van der Waals surface area contributed by atoms with E-state index < -0.39 is 24.9 Å². The van der Waals surface area contributed by atoms with E-state index in [2.05, 4.69) is 4.74 Å². The van der Waals surface area contributed by atoms with Crippen LogP contribution < -0.4 is 10.5 Å². The molecule has 1 aromatic carbocycles. The topological polar surface area (TPSA) is 35.2 Å². The van der Waals surface area contributed by atoms with E-state index in [0.717, 1.165) is 6.07 Å². The predicted molar refractivity (Wildman–Crippen MR) is 50.5 cm³/mol. The van der Waals surface area contributed by atoms with Crippen LogP contribution in [0, 0.1) is 5.82 Å². The van der Waals surface area contributed by atoms with Crippen LogP contribution in [0.4, 0.5) is 13.2 Å². The van der Waals surface area contributed by atoms with Gasteiger partial charge >= 0.3 is 0 Å². The zero-order chi connectivity index (χ0) is 11.4. The molecular formula is C10H12F3NO. The number of benzene rings is 1. The number of ether oxygens (including phenoxy) is 1. The van der Waals surface area contributed by atoms with Crippen LogP contribution in [0.15, 0.2) is 18.2 Å². The van der Waals surface area contributed by atoms with Crippen LogP contribution in [-0.2, 0) is 0 Å². The van der Waals surface area contributed by atoms with Crippen LogP contribution >= 0.6 is 0 Å². The maximum Gasteiger partial charge on any atom is 0.272 e. The molecule has 0 spiro atoms. The third kappa shape index (κ3) is 3.43. The summed E-state index contributed by atoms with van der Waals surface area (Å²) in [6.45, 7) is 0.898. The molecule has 0 aliphatic carbocycles. The van der Waals surface area contributed by atoms with Crippen molar-refractivity contribution in [3.8, 4) is 5.75 Å². The third-order valence-corrected chi connectivity index (χ3v) is 1.84. The molecule has 0 unspecified atom stereocenters. The Balaban J connectivity index is 2.73. The van der Waals surface area contributed by atoms with Gasteiger partial charge in [0.15, 0.2) is 0 Å². The molecule has 0 saturated heterocycles. The zero-order valence-corrected chi connectivity index (χ0v) is 8.21. The van der Waals surface area contributed by atoms with Gasteiger partial charge in [0.1, 0.15) is 18.2 Å². The lowest BCUT2D eigenvalue weighted by Crippen LogP contribution is -2.09. The van der Waals surface area contributed by atoms with Crippen molar-refractivity contribution < 1.29 is 17.9 Å². The van der Waals surface area contributed by atoms with E-state index in [1.165, 1.54) is 12.1 Å². The molecule has 84 valence electrons. The Morgan fingerprint density at radius 3 is 2.53 bits per heavy atom. The number of hydrogen-bond donors (Lipinski definition) is 1. The Kier molecular flexibility index (Phi) is 3.96. The van der Waals surface area contributed by atoms with E-state index in [1.54, 1.807) is 6.92 Å². The summed E-state index contributed by atoms with van der Waals surface area (Å²) in [5.41, 5.74) is 5.82. The highest BCUT2D eigenvalue weighted by molar-refractivity contribution is 5.30. The van der Waals surface area contributed by atoms with E-state index in [-0.39, 0.29) is 5.75 Å². The van der Waals surface area contributed by atoms with Crippen molar-refractivity contribution in [1.29, 1.82) is 0 Å². The monoisotopic (exact) mass is 219 g/mol. The Labute approximate surface area is 85.8 Å². The number of alkyl halides is 2. The first-order valence-corrected chi connectivity index (χ1v) is 4.46. The van der Waals surface area contributed by atoms with E-state index >= 15 is 0 Å². The van der Waals surface area contributed by atoms with Crippen molar-refractivity contribution in [3.63, 3.8) is 0 Å². The van der Waals surface area contributed by atoms with E-state index in [1.807, 2.05) is 0 Å². The minimum atomic E-state index is -2.57. The highest BCUT2D eigenvalue weighted by Crippen LogP contribution is 2.20. The molecule has 2 nitrogen and oxygen atoms in total. The molecule has 0 bridgehead atoms. The number of halogens is 3. The molecule has 0 radical (unpaired) electrons. The molecule has 0 amide bonds. The Morgan fingerprint density at radius 1 is 1.40 bits per heavy atom. The van der Waals surface area contributed by atoms with Gasteiger partial charge in [0.2, 0.25) is 0 Å². The smallest absolute Gasteiger partial charge is 0.272 e. The van der Waals surface area contributed by atoms with Crippen LogP contribution in [0.2, 0.25) is 0 Å². The first-order valence-electron chi connectivity index (χ1n) is 4.46. The summed E-state index contributed by atoms with van der Waals surface area (Å²) in [6, 6.07) is 3.47. The van der Waals surface area contributed by atoms with Crippen LogP contribution in [0.5, 0.6) is 5.75 Å². The Morgan fingerprint density at radius 2 is 2.07 bits per heavy atom. The molecule has 1 atom stereocenters. The van der Waals surface area contributed by atoms with Gasteiger partial charge < -0.3 is 10.5 Å². The number of nitrogens with two attached hydrogens (primary N) is 1. The Hall–Kier alpha value is -1.23. The fourth-order valence-electron chi connectivity index (χ4n) is 1.13. The molecule has 0 aliphatic rings. The molecular weight excluding hydrogens is 207 g/mol. The molecule has 0 fully saturated rings. The van der Waals surface area contributed by atoms with Crippen molar-refractivity contribution >= 4 is 0 Å². The average molecular weight is 219 g/mol. The summed E-state index contributed by atoms with van der Waals surface area (Å²) in [6.07, 6.45) is -2.57. The minimum Gasteiger partial charge on any atom is -0.488 e. The van der Waals surface area contributed by atoms with Gasteiger partial charge in [-0.3, -0.25) is 0 Å². The zero-order valence-electron chi connectivity index (χ0n) is 8.21. The SMILES string of the molecule is C[C@H](N)c1ccc(OCC(F)F)cc1F. The van der Waals surface area contributed by atoms with E-state index in [0.29, 0.717) is 5.56 Å². The first-order chi connectivity index (χ1) is 7.00. The fourth-order valence-corrected chi connectivity index (χ4v) is 1.13. The molecule has 0 aliphatic heterocycles. The second-order valence-corrected chi connectivity index (χ2v) is 3.17. The van der Waals surface area contributed by atoms with Crippen LogP contribution in [-0.4, -0.2) is 13.0 Å². The predicted octanol–water partition coefficient (Wildman–Crippen LogP) is 2.49. The van der Waals surface area contributed by atoms with Crippen molar-refractivity contribution in [3.05, 3.63) is 29.6 Å². The second kappa shape index (κ2) is 5.02. The van der Waals surface area contributed by atoms with Crippen molar-refractivity contribution in [2.75, 3.05) is 6.61 Å². The van der Waals surface area contributed by atoms with Gasteiger partial charge in [0.25, 0.3) is 6.43 Å². The van der Waals surface area contributed by atoms with Gasteiger partial charge in [-0.2, -0.15) is 0 Å². The molecule has 0 saturated carbocycles. The van der Waals surface area contributed by atoms with Crippen molar-refractivity contribution in [2.45, 2.75) is 19.4 Å². The average Bonchev–Trinajstić information content (AvgIpc) is 2.14. The summed E-state index contributed by atoms with van der Waals surface area (Å²) >= 11 is 0. The van der Waals surface area contributed by atoms with E-state index in [4.69, 9.17) is 5.73 Å². The van der Waals surface area contributed by atoms with Gasteiger partial charge in [-0.05, 0) is 13.0 Å². The van der Waals surface area contributed by atoms with Crippen LogP contribution in [0.3, 0.4) is 0 Å². The summed E-state index contributed by atoms with van der Waals surface area (Å²) in [5.74, 6) is -0.464. The first kappa shape index (κ1) is 11.8. The quantitative estimate of drug-likeness (QED) is 0.844. The molecule has 0 aromatic heterocycles. The third-order valence-electron chi connectivity index (χ3n) is 1.84. The maximum atomic E-state index is 13.3. The lowest BCUT2D eigenvalue weighted by molar-refractivity contribution is 0.0817. The number of rotatable bonds is 4. The van der Waals surface area contributed by atoms with Crippen LogP contribution in [0.25, 0.3) is 0 Å². The van der Waals surface area contributed by atoms with Gasteiger partial charge in [-0.15, -0.1) is 0 Å². The summed E-state index contributed by atoms with van der Waals surface area (Å²) in [5, 5.41) is 0. The maximum absolute atomic E-state index is 13.3.